The Hall–Kier alpha value is -1.04. The Bertz CT molecular complexity index is 416. The summed E-state index contributed by atoms with van der Waals surface area (Å²) in [6.45, 7) is 2.79. The summed E-state index contributed by atoms with van der Waals surface area (Å²) in [5, 5.41) is 13.6. The molecule has 1 N–H and O–H groups in total. The van der Waals surface area contributed by atoms with Crippen molar-refractivity contribution < 1.29 is 18.4 Å². The van der Waals surface area contributed by atoms with Crippen molar-refractivity contribution in [1.82, 2.24) is 10.1 Å². The monoisotopic (exact) mass is 260 g/mol. The van der Waals surface area contributed by atoms with Crippen LogP contribution in [0.4, 0.5) is 8.78 Å². The van der Waals surface area contributed by atoms with E-state index in [1.54, 1.807) is 0 Å². The highest BCUT2D eigenvalue weighted by Crippen LogP contribution is 2.34. The van der Waals surface area contributed by atoms with Crippen LogP contribution in [0.15, 0.2) is 4.52 Å². The zero-order chi connectivity index (χ0) is 13.4. The Kier molecular flexibility index (Phi) is 3.40. The summed E-state index contributed by atoms with van der Waals surface area (Å²) in [5.74, 6) is -3.21. The van der Waals surface area contributed by atoms with Gasteiger partial charge in [-0.25, -0.2) is 0 Å². The fourth-order valence-electron chi connectivity index (χ4n) is 2.58. The Morgan fingerprint density at radius 1 is 1.56 bits per heavy atom. The van der Waals surface area contributed by atoms with Crippen LogP contribution >= 0.6 is 0 Å². The van der Waals surface area contributed by atoms with Crippen LogP contribution in [0.5, 0.6) is 0 Å². The molecule has 18 heavy (non-hydrogen) atoms. The predicted octanol–water partition coefficient (Wildman–Crippen LogP) is 2.67. The first-order valence-corrected chi connectivity index (χ1v) is 6.22. The first-order valence-electron chi connectivity index (χ1n) is 6.22. The third-order valence-corrected chi connectivity index (χ3v) is 3.41. The molecule has 4 nitrogen and oxygen atoms in total. The maximum atomic E-state index is 13.0. The van der Waals surface area contributed by atoms with E-state index in [4.69, 9.17) is 4.52 Å². The maximum absolute atomic E-state index is 13.0. The average molecular weight is 260 g/mol. The summed E-state index contributed by atoms with van der Waals surface area (Å²) >= 11 is 0. The molecule has 1 aliphatic carbocycles. The van der Waals surface area contributed by atoms with Gasteiger partial charge < -0.3 is 9.63 Å². The minimum absolute atomic E-state index is 0.0862. The number of aromatic nitrogens is 2. The van der Waals surface area contributed by atoms with Gasteiger partial charge in [-0.05, 0) is 18.8 Å². The molecule has 1 saturated carbocycles. The minimum Gasteiger partial charge on any atom is -0.389 e. The van der Waals surface area contributed by atoms with Gasteiger partial charge in [0.25, 0.3) is 0 Å². The molecule has 1 heterocycles. The van der Waals surface area contributed by atoms with E-state index in [0.29, 0.717) is 18.8 Å². The largest absolute Gasteiger partial charge is 0.389 e. The van der Waals surface area contributed by atoms with Crippen molar-refractivity contribution in [2.75, 3.05) is 0 Å². The zero-order valence-corrected chi connectivity index (χ0v) is 10.6. The number of halogens is 2. The lowest BCUT2D eigenvalue weighted by Gasteiger charge is -2.34. The number of rotatable bonds is 3. The topological polar surface area (TPSA) is 59.2 Å². The number of aliphatic hydroxyl groups is 1. The zero-order valence-electron chi connectivity index (χ0n) is 10.6. The van der Waals surface area contributed by atoms with E-state index < -0.39 is 17.3 Å². The minimum atomic E-state index is -3.11. The molecule has 6 heteroatoms. The van der Waals surface area contributed by atoms with E-state index in [2.05, 4.69) is 17.1 Å². The number of hydrogen-bond donors (Lipinski definition) is 1. The van der Waals surface area contributed by atoms with Crippen LogP contribution in [-0.4, -0.2) is 20.8 Å². The van der Waals surface area contributed by atoms with E-state index in [1.807, 2.05) is 0 Å². The van der Waals surface area contributed by atoms with E-state index in [0.717, 1.165) is 19.8 Å². The van der Waals surface area contributed by atoms with Crippen molar-refractivity contribution in [3.8, 4) is 0 Å². The van der Waals surface area contributed by atoms with Gasteiger partial charge in [-0.15, -0.1) is 0 Å². The van der Waals surface area contributed by atoms with E-state index >= 15 is 0 Å². The first-order chi connectivity index (χ1) is 8.28. The molecule has 2 rings (SSSR count). The van der Waals surface area contributed by atoms with Crippen molar-refractivity contribution in [3.05, 3.63) is 11.7 Å². The third kappa shape index (κ3) is 3.04. The van der Waals surface area contributed by atoms with E-state index in [1.165, 1.54) is 0 Å². The van der Waals surface area contributed by atoms with Gasteiger partial charge in [0, 0.05) is 6.92 Å². The molecule has 1 aromatic heterocycles. The van der Waals surface area contributed by atoms with Crippen molar-refractivity contribution in [1.29, 1.82) is 0 Å². The third-order valence-electron chi connectivity index (χ3n) is 3.41. The predicted molar refractivity (Wildman–Crippen MR) is 60.2 cm³/mol. The van der Waals surface area contributed by atoms with Crippen molar-refractivity contribution in [3.63, 3.8) is 0 Å². The molecule has 0 saturated heterocycles. The van der Waals surface area contributed by atoms with Gasteiger partial charge in [-0.3, -0.25) is 0 Å². The van der Waals surface area contributed by atoms with Gasteiger partial charge in [0.15, 0.2) is 0 Å². The Morgan fingerprint density at radius 3 is 2.83 bits per heavy atom. The molecule has 2 atom stereocenters. The highest BCUT2D eigenvalue weighted by Gasteiger charge is 2.36. The van der Waals surface area contributed by atoms with Crippen molar-refractivity contribution in [2.24, 2.45) is 5.92 Å². The fourth-order valence-corrected chi connectivity index (χ4v) is 2.58. The molecule has 0 bridgehead atoms. The lowest BCUT2D eigenvalue weighted by Crippen LogP contribution is -2.36. The SMILES string of the molecule is CC1CCCC(O)(Cc2nc(C(C)(F)F)no2)C1. The second kappa shape index (κ2) is 4.57. The van der Waals surface area contributed by atoms with Crippen molar-refractivity contribution in [2.45, 2.75) is 57.5 Å². The van der Waals surface area contributed by atoms with Crippen LogP contribution in [0.1, 0.15) is 51.2 Å². The quantitative estimate of drug-likeness (QED) is 0.907. The van der Waals surface area contributed by atoms with Gasteiger partial charge in [0.2, 0.25) is 11.7 Å². The summed E-state index contributed by atoms with van der Waals surface area (Å²) in [6, 6.07) is 0. The molecule has 102 valence electrons. The smallest absolute Gasteiger partial charge is 0.307 e. The molecule has 0 aliphatic heterocycles. The lowest BCUT2D eigenvalue weighted by atomic mass is 9.77. The van der Waals surface area contributed by atoms with Gasteiger partial charge >= 0.3 is 5.92 Å². The Labute approximate surface area is 104 Å². The van der Waals surface area contributed by atoms with Crippen molar-refractivity contribution >= 4 is 0 Å². The molecule has 0 aromatic carbocycles. The Balaban J connectivity index is 2.07. The highest BCUT2D eigenvalue weighted by molar-refractivity contribution is 4.98. The average Bonchev–Trinajstić information content (AvgIpc) is 2.64. The van der Waals surface area contributed by atoms with Crippen LogP contribution in [0.25, 0.3) is 0 Å². The molecule has 0 radical (unpaired) electrons. The van der Waals surface area contributed by atoms with E-state index in [9.17, 15) is 13.9 Å². The van der Waals surface area contributed by atoms with Crippen LogP contribution in [0, 0.1) is 5.92 Å². The highest BCUT2D eigenvalue weighted by atomic mass is 19.3. The number of hydrogen-bond acceptors (Lipinski definition) is 4. The molecule has 0 spiro atoms. The molecule has 1 aromatic rings. The molecule has 2 unspecified atom stereocenters. The molecular weight excluding hydrogens is 242 g/mol. The van der Waals surface area contributed by atoms with Crippen LogP contribution in [-0.2, 0) is 12.3 Å². The standard InChI is InChI=1S/C12H18F2N2O2/c1-8-4-3-5-12(17,6-8)7-9-15-10(16-18-9)11(2,13)14/h8,17H,3-7H2,1-2H3. The molecule has 0 amide bonds. The van der Waals surface area contributed by atoms with E-state index in [-0.39, 0.29) is 12.3 Å². The van der Waals surface area contributed by atoms with Gasteiger partial charge in [0.05, 0.1) is 12.0 Å². The van der Waals surface area contributed by atoms with Gasteiger partial charge in [-0.2, -0.15) is 13.8 Å². The molecule has 1 fully saturated rings. The van der Waals surface area contributed by atoms with Gasteiger partial charge in [-0.1, -0.05) is 24.9 Å². The van der Waals surface area contributed by atoms with Crippen LogP contribution in [0.3, 0.4) is 0 Å². The summed E-state index contributed by atoms with van der Waals surface area (Å²) in [5.41, 5.74) is -0.898. The number of alkyl halides is 2. The van der Waals surface area contributed by atoms with Crippen LogP contribution < -0.4 is 0 Å². The maximum Gasteiger partial charge on any atom is 0.307 e. The molecular formula is C12H18F2N2O2. The summed E-state index contributed by atoms with van der Waals surface area (Å²) in [4.78, 5) is 3.66. The second-order valence-corrected chi connectivity index (χ2v) is 5.50. The normalized spacial score (nSPS) is 29.5. The van der Waals surface area contributed by atoms with Crippen LogP contribution in [0.2, 0.25) is 0 Å². The summed E-state index contributed by atoms with van der Waals surface area (Å²) < 4.78 is 30.7. The van der Waals surface area contributed by atoms with Gasteiger partial charge in [0.1, 0.15) is 0 Å². The fraction of sp³-hybridized carbons (Fsp3) is 0.833. The lowest BCUT2D eigenvalue weighted by molar-refractivity contribution is -0.0180. The first kappa shape index (κ1) is 13.4. The molecule has 1 aliphatic rings. The summed E-state index contributed by atoms with van der Waals surface area (Å²) in [6.07, 6.45) is 3.47. The second-order valence-electron chi connectivity index (χ2n) is 5.50. The Morgan fingerprint density at radius 2 is 2.28 bits per heavy atom. The summed E-state index contributed by atoms with van der Waals surface area (Å²) in [7, 11) is 0. The number of nitrogens with zero attached hydrogens (tertiary/aromatic N) is 2.